The molecule has 4 aromatic carbocycles. The number of anilines is 2. The molecule has 0 aliphatic rings. The molecule has 0 radical (unpaired) electrons. The molecule has 0 bridgehead atoms. The number of hydrogen-bond acceptors (Lipinski definition) is 6. The molecule has 0 saturated heterocycles. The predicted molar refractivity (Wildman–Crippen MR) is 171 cm³/mol. The van der Waals surface area contributed by atoms with Gasteiger partial charge < -0.3 is 25.2 Å². The van der Waals surface area contributed by atoms with Gasteiger partial charge in [0.2, 0.25) is 5.91 Å². The fourth-order valence-electron chi connectivity index (χ4n) is 3.99. The molecule has 8 nitrogen and oxygen atoms in total. The zero-order valence-corrected chi connectivity index (χ0v) is 26.3. The van der Waals surface area contributed by atoms with Gasteiger partial charge in [-0.05, 0) is 42.0 Å². The van der Waals surface area contributed by atoms with Gasteiger partial charge in [0.05, 0.1) is 51.1 Å². The van der Waals surface area contributed by atoms with Crippen molar-refractivity contribution in [2.75, 3.05) is 24.9 Å². The third-order valence-corrected chi connectivity index (χ3v) is 9.15. The van der Waals surface area contributed by atoms with Crippen LogP contribution in [0.25, 0.3) is 0 Å². The minimum Gasteiger partial charge on any atom is -0.497 e. The first kappa shape index (κ1) is 32.3. The van der Waals surface area contributed by atoms with Crippen LogP contribution in [-0.2, 0) is 4.79 Å². The molecular formula is C30H22Cl4N2O6S. The molecule has 13 heteroatoms. The number of hydrogen-bond donors (Lipinski definition) is 3. The fraction of sp³-hybridized carbons (Fsp3) is 0.100. The van der Waals surface area contributed by atoms with E-state index < -0.39 is 33.3 Å². The first-order valence-corrected chi connectivity index (χ1v) is 14.7. The van der Waals surface area contributed by atoms with Crippen LogP contribution in [0.4, 0.5) is 11.4 Å². The lowest BCUT2D eigenvalue weighted by molar-refractivity contribution is -0.115. The lowest BCUT2D eigenvalue weighted by Crippen LogP contribution is -2.19. The second-order valence-corrected chi connectivity index (χ2v) is 11.4. The van der Waals surface area contributed by atoms with Crippen molar-refractivity contribution in [2.45, 2.75) is 10.1 Å². The Morgan fingerprint density at radius 2 is 1.40 bits per heavy atom. The van der Waals surface area contributed by atoms with Crippen LogP contribution >= 0.6 is 58.2 Å². The second kappa shape index (κ2) is 14.2. The standard InChI is InChI=1S/C30H22Cl4N2O6S/c1-41-17-10-13-19(20(14-17)42-2)36-29(38)27(15-6-4-3-5-7-15)43-18-11-8-16(9-12-18)35-28(37)21-22(30(39)40)24(32)26(34)25(33)23(21)31/h3-14,27H,1-2H3,(H,35,37)(H,36,38)(H,39,40). The van der Waals surface area contributed by atoms with Gasteiger partial charge in [0, 0.05) is 16.6 Å². The first-order valence-electron chi connectivity index (χ1n) is 12.3. The Morgan fingerprint density at radius 1 is 0.767 bits per heavy atom. The van der Waals surface area contributed by atoms with E-state index >= 15 is 0 Å². The van der Waals surface area contributed by atoms with E-state index in [9.17, 15) is 19.5 Å². The monoisotopic (exact) mass is 678 g/mol. The summed E-state index contributed by atoms with van der Waals surface area (Å²) in [6.07, 6.45) is 0. The lowest BCUT2D eigenvalue weighted by Gasteiger charge is -2.19. The van der Waals surface area contributed by atoms with E-state index in [1.54, 1.807) is 42.5 Å². The lowest BCUT2D eigenvalue weighted by atomic mass is 10.1. The summed E-state index contributed by atoms with van der Waals surface area (Å²) in [7, 11) is 3.04. The summed E-state index contributed by atoms with van der Waals surface area (Å²) in [6.45, 7) is 0. The molecule has 0 aliphatic heterocycles. The molecule has 0 saturated carbocycles. The Morgan fingerprint density at radius 3 is 1.98 bits per heavy atom. The maximum absolute atomic E-state index is 13.5. The number of carboxylic acid groups (broad SMARTS) is 1. The van der Waals surface area contributed by atoms with E-state index in [0.717, 1.165) is 5.56 Å². The highest BCUT2D eigenvalue weighted by Gasteiger charge is 2.29. The van der Waals surface area contributed by atoms with E-state index in [2.05, 4.69) is 10.6 Å². The van der Waals surface area contributed by atoms with E-state index in [-0.39, 0.29) is 21.0 Å². The predicted octanol–water partition coefficient (Wildman–Crippen LogP) is 8.74. The van der Waals surface area contributed by atoms with Crippen LogP contribution in [0.3, 0.4) is 0 Å². The molecule has 0 spiro atoms. The number of amides is 2. The highest BCUT2D eigenvalue weighted by atomic mass is 35.5. The SMILES string of the molecule is COc1ccc(NC(=O)C(Sc2ccc(NC(=O)c3c(Cl)c(Cl)c(Cl)c(Cl)c3C(=O)O)cc2)c2ccccc2)c(OC)c1. The molecule has 1 unspecified atom stereocenters. The molecule has 4 rings (SSSR count). The molecular weight excluding hydrogens is 658 g/mol. The summed E-state index contributed by atoms with van der Waals surface area (Å²) in [5.41, 5.74) is 0.572. The van der Waals surface area contributed by atoms with Crippen LogP contribution in [0.5, 0.6) is 11.5 Å². The van der Waals surface area contributed by atoms with Crippen LogP contribution in [0.1, 0.15) is 31.5 Å². The summed E-state index contributed by atoms with van der Waals surface area (Å²) < 4.78 is 10.7. The molecule has 3 N–H and O–H groups in total. The number of aromatic carboxylic acids is 1. The molecule has 2 amide bonds. The number of methoxy groups -OCH3 is 2. The number of ether oxygens (including phenoxy) is 2. The minimum absolute atomic E-state index is 0.243. The summed E-state index contributed by atoms with van der Waals surface area (Å²) in [4.78, 5) is 39.2. The average molecular weight is 680 g/mol. The van der Waals surface area contributed by atoms with Gasteiger partial charge in [-0.25, -0.2) is 4.79 Å². The normalized spacial score (nSPS) is 11.4. The Labute approximate surface area is 271 Å². The highest BCUT2D eigenvalue weighted by molar-refractivity contribution is 8.00. The Hall–Kier alpha value is -3.60. The van der Waals surface area contributed by atoms with Crippen molar-refractivity contribution in [1.29, 1.82) is 0 Å². The van der Waals surface area contributed by atoms with Crippen LogP contribution in [0.2, 0.25) is 20.1 Å². The third kappa shape index (κ3) is 7.31. The Balaban J connectivity index is 1.57. The van der Waals surface area contributed by atoms with Crippen LogP contribution in [0.15, 0.2) is 77.7 Å². The van der Waals surface area contributed by atoms with Gasteiger partial charge in [-0.1, -0.05) is 76.7 Å². The minimum atomic E-state index is -1.50. The van der Waals surface area contributed by atoms with Gasteiger partial charge >= 0.3 is 5.97 Å². The number of thioether (sulfide) groups is 1. The van der Waals surface area contributed by atoms with Crippen molar-refractivity contribution < 1.29 is 29.0 Å². The largest absolute Gasteiger partial charge is 0.497 e. The van der Waals surface area contributed by atoms with Gasteiger partial charge in [0.1, 0.15) is 16.7 Å². The van der Waals surface area contributed by atoms with E-state index in [0.29, 0.717) is 27.8 Å². The number of benzene rings is 4. The van der Waals surface area contributed by atoms with Crippen molar-refractivity contribution in [3.05, 3.63) is 110 Å². The topological polar surface area (TPSA) is 114 Å². The zero-order chi connectivity index (χ0) is 31.3. The van der Waals surface area contributed by atoms with Gasteiger partial charge in [0.15, 0.2) is 0 Å². The van der Waals surface area contributed by atoms with Crippen LogP contribution in [0, 0.1) is 0 Å². The molecule has 0 aliphatic carbocycles. The molecule has 4 aromatic rings. The first-order chi connectivity index (χ1) is 20.5. The third-order valence-electron chi connectivity index (χ3n) is 6.08. The Bertz CT molecular complexity index is 1690. The summed E-state index contributed by atoms with van der Waals surface area (Å²) in [5.74, 6) is -1.61. The second-order valence-electron chi connectivity index (χ2n) is 8.75. The average Bonchev–Trinajstić information content (AvgIpc) is 3.01. The van der Waals surface area contributed by atoms with Crippen molar-refractivity contribution in [3.8, 4) is 11.5 Å². The van der Waals surface area contributed by atoms with Gasteiger partial charge in [-0.3, -0.25) is 9.59 Å². The number of carboxylic acids is 1. The smallest absolute Gasteiger partial charge is 0.338 e. The van der Waals surface area contributed by atoms with Crippen molar-refractivity contribution in [2.24, 2.45) is 0 Å². The van der Waals surface area contributed by atoms with Crippen molar-refractivity contribution >= 4 is 87.3 Å². The number of carbonyl (C=O) groups excluding carboxylic acids is 2. The molecule has 0 fully saturated rings. The van der Waals surface area contributed by atoms with Crippen LogP contribution < -0.4 is 20.1 Å². The van der Waals surface area contributed by atoms with Crippen LogP contribution in [-0.4, -0.2) is 37.1 Å². The number of carbonyl (C=O) groups is 3. The molecule has 222 valence electrons. The number of rotatable bonds is 10. The highest BCUT2D eigenvalue weighted by Crippen LogP contribution is 2.42. The van der Waals surface area contributed by atoms with E-state index in [4.69, 9.17) is 55.9 Å². The van der Waals surface area contributed by atoms with Gasteiger partial charge in [-0.15, -0.1) is 11.8 Å². The molecule has 1 atom stereocenters. The molecule has 0 heterocycles. The maximum atomic E-state index is 13.5. The number of nitrogens with one attached hydrogen (secondary N) is 2. The summed E-state index contributed by atoms with van der Waals surface area (Å²) in [6, 6.07) is 20.9. The summed E-state index contributed by atoms with van der Waals surface area (Å²) in [5, 5.41) is 13.2. The van der Waals surface area contributed by atoms with Gasteiger partial charge in [0.25, 0.3) is 5.91 Å². The van der Waals surface area contributed by atoms with E-state index in [1.165, 1.54) is 26.0 Å². The molecule has 43 heavy (non-hydrogen) atoms. The molecule has 0 aromatic heterocycles. The quantitative estimate of drug-likeness (QED) is 0.0872. The zero-order valence-electron chi connectivity index (χ0n) is 22.4. The number of halogens is 4. The van der Waals surface area contributed by atoms with Crippen molar-refractivity contribution in [1.82, 2.24) is 0 Å². The Kier molecular flexibility index (Phi) is 10.7. The summed E-state index contributed by atoms with van der Waals surface area (Å²) >= 11 is 25.6. The van der Waals surface area contributed by atoms with Crippen molar-refractivity contribution in [3.63, 3.8) is 0 Å². The van der Waals surface area contributed by atoms with E-state index in [1.807, 2.05) is 30.3 Å². The maximum Gasteiger partial charge on any atom is 0.338 e. The van der Waals surface area contributed by atoms with Gasteiger partial charge in [-0.2, -0.15) is 0 Å². The fourth-order valence-corrected chi connectivity index (χ4v) is 6.04.